The predicted molar refractivity (Wildman–Crippen MR) is 194 cm³/mol. The molecule has 4 heteroatoms. The highest BCUT2D eigenvalue weighted by Crippen LogP contribution is 2.51. The summed E-state index contributed by atoms with van der Waals surface area (Å²) in [5, 5.41) is 4.91. The third-order valence-corrected chi connectivity index (χ3v) is 10.1. The largest absolute Gasteiger partial charge is 0.309 e. The van der Waals surface area contributed by atoms with Gasteiger partial charge in [0.1, 0.15) is 5.82 Å². The topological polar surface area (TPSA) is 35.6 Å². The van der Waals surface area contributed by atoms with E-state index in [0.29, 0.717) is 0 Å². The molecule has 1 aliphatic carbocycles. The average molecular weight is 603 g/mol. The van der Waals surface area contributed by atoms with Gasteiger partial charge in [0, 0.05) is 43.8 Å². The minimum absolute atomic E-state index is 0.279. The van der Waals surface area contributed by atoms with Gasteiger partial charge in [-0.25, -0.2) is 9.97 Å². The van der Waals surface area contributed by atoms with E-state index in [1.807, 2.05) is 6.07 Å². The number of hydrogen-bond donors (Lipinski definition) is 0. The van der Waals surface area contributed by atoms with Crippen LogP contribution in [-0.4, -0.2) is 19.1 Å². The van der Waals surface area contributed by atoms with Gasteiger partial charge in [0.2, 0.25) is 0 Å². The first-order chi connectivity index (χ1) is 23.1. The maximum Gasteiger partial charge on any atom is 0.161 e. The summed E-state index contributed by atoms with van der Waals surface area (Å²) in [6.45, 7) is 4.58. The highest BCUT2D eigenvalue weighted by atomic mass is 15.1. The number of para-hydroxylation sites is 3. The second-order valence-corrected chi connectivity index (χ2v) is 13.0. The number of rotatable bonds is 3. The fourth-order valence-corrected chi connectivity index (χ4v) is 7.98. The molecule has 0 radical (unpaired) electrons. The molecule has 0 saturated carbocycles. The van der Waals surface area contributed by atoms with Crippen LogP contribution in [0.1, 0.15) is 25.1 Å². The molecule has 1 aliphatic rings. The molecule has 47 heavy (non-hydrogen) atoms. The number of benzene rings is 6. The Bertz CT molecular complexity index is 2700. The van der Waals surface area contributed by atoms with E-state index >= 15 is 0 Å². The van der Waals surface area contributed by atoms with E-state index in [4.69, 9.17) is 9.97 Å². The van der Waals surface area contributed by atoms with Gasteiger partial charge in [-0.15, -0.1) is 0 Å². The van der Waals surface area contributed by atoms with Gasteiger partial charge in [-0.3, -0.25) is 4.57 Å². The van der Waals surface area contributed by atoms with E-state index in [0.717, 1.165) is 45.2 Å². The zero-order chi connectivity index (χ0) is 31.3. The minimum Gasteiger partial charge on any atom is -0.309 e. The van der Waals surface area contributed by atoms with Crippen LogP contribution in [0.5, 0.6) is 0 Å². The van der Waals surface area contributed by atoms with Gasteiger partial charge in [-0.05, 0) is 41.5 Å². The van der Waals surface area contributed by atoms with Crippen LogP contribution in [0.25, 0.3) is 77.6 Å². The van der Waals surface area contributed by atoms with Gasteiger partial charge in [0.15, 0.2) is 5.82 Å². The maximum absolute atomic E-state index is 5.47. The van der Waals surface area contributed by atoms with Gasteiger partial charge in [0.25, 0.3) is 0 Å². The van der Waals surface area contributed by atoms with Crippen molar-refractivity contribution in [3.05, 3.63) is 157 Å². The van der Waals surface area contributed by atoms with E-state index in [9.17, 15) is 0 Å². The second-order valence-electron chi connectivity index (χ2n) is 13.0. The predicted octanol–water partition coefficient (Wildman–Crippen LogP) is 10.6. The fraction of sp³-hybridized carbons (Fsp3) is 0.0698. The number of fused-ring (bicyclic) bond motifs is 10. The molecule has 6 aromatic carbocycles. The van der Waals surface area contributed by atoms with Crippen LogP contribution in [0.15, 0.2) is 146 Å². The van der Waals surface area contributed by atoms with Gasteiger partial charge in [-0.2, -0.15) is 0 Å². The smallest absolute Gasteiger partial charge is 0.161 e. The minimum atomic E-state index is -0.279. The Kier molecular flexibility index (Phi) is 5.31. The van der Waals surface area contributed by atoms with E-state index in [2.05, 4.69) is 163 Å². The Labute approximate surface area is 272 Å². The summed E-state index contributed by atoms with van der Waals surface area (Å²) in [5.41, 5.74) is 11.2. The quantitative estimate of drug-likeness (QED) is 0.202. The molecule has 0 amide bonds. The Hall–Kier alpha value is -6.00. The molecule has 0 fully saturated rings. The molecule has 10 rings (SSSR count). The molecular formula is C43H30N4. The molecule has 222 valence electrons. The van der Waals surface area contributed by atoms with Crippen molar-refractivity contribution < 1.29 is 0 Å². The molecule has 0 N–H and O–H groups in total. The van der Waals surface area contributed by atoms with Crippen LogP contribution >= 0.6 is 0 Å². The lowest BCUT2D eigenvalue weighted by Gasteiger charge is -2.21. The second kappa shape index (κ2) is 9.51. The van der Waals surface area contributed by atoms with Crippen molar-refractivity contribution in [1.82, 2.24) is 19.1 Å². The molecule has 0 atom stereocenters. The Morgan fingerprint density at radius 1 is 0.511 bits per heavy atom. The molecule has 0 saturated heterocycles. The van der Waals surface area contributed by atoms with Gasteiger partial charge in [0.05, 0.1) is 27.8 Å². The van der Waals surface area contributed by atoms with E-state index < -0.39 is 0 Å². The van der Waals surface area contributed by atoms with Crippen molar-refractivity contribution in [3.8, 4) is 34.0 Å². The Morgan fingerprint density at radius 3 is 1.94 bits per heavy atom. The average Bonchev–Trinajstić information content (AvgIpc) is 3.72. The van der Waals surface area contributed by atoms with E-state index in [1.54, 1.807) is 0 Å². The molecule has 9 aromatic rings. The van der Waals surface area contributed by atoms with Crippen LogP contribution in [0.2, 0.25) is 0 Å². The third-order valence-electron chi connectivity index (χ3n) is 10.1. The molecule has 0 unspecified atom stereocenters. The summed E-state index contributed by atoms with van der Waals surface area (Å²) in [6, 6.07) is 52.0. The van der Waals surface area contributed by atoms with Crippen molar-refractivity contribution in [2.75, 3.05) is 0 Å². The molecule has 0 bridgehead atoms. The lowest BCUT2D eigenvalue weighted by atomic mass is 9.85. The molecule has 0 aliphatic heterocycles. The number of aromatic nitrogens is 4. The molecular weight excluding hydrogens is 573 g/mol. The summed E-state index contributed by atoms with van der Waals surface area (Å²) >= 11 is 0. The van der Waals surface area contributed by atoms with Crippen LogP contribution in [0.4, 0.5) is 0 Å². The summed E-state index contributed by atoms with van der Waals surface area (Å²) < 4.78 is 4.82. The van der Waals surface area contributed by atoms with Crippen LogP contribution in [0, 0.1) is 0 Å². The van der Waals surface area contributed by atoms with Crippen molar-refractivity contribution in [3.63, 3.8) is 0 Å². The maximum atomic E-state index is 5.47. The normalized spacial score (nSPS) is 13.5. The number of nitrogens with zero attached hydrogens (tertiary/aromatic N) is 4. The standard InChI is InChI=1S/C43H30N4/c1-43(2)33-22-12-9-20-31(33)38-40(43)44-41(27-15-5-3-6-16-27)45-42(38)47-35-24-14-11-21-32(35)37-36(47)26-25-30-29-19-10-13-23-34(29)46(39(30)37)28-17-7-4-8-18-28/h3-26H,1-2H3. The lowest BCUT2D eigenvalue weighted by Crippen LogP contribution is -2.18. The first-order valence-corrected chi connectivity index (χ1v) is 16.2. The third kappa shape index (κ3) is 3.53. The zero-order valence-electron chi connectivity index (χ0n) is 26.1. The summed E-state index contributed by atoms with van der Waals surface area (Å²) in [5.74, 6) is 1.66. The summed E-state index contributed by atoms with van der Waals surface area (Å²) in [6.07, 6.45) is 0. The Morgan fingerprint density at radius 2 is 1.15 bits per heavy atom. The van der Waals surface area contributed by atoms with E-state index in [-0.39, 0.29) is 5.41 Å². The first-order valence-electron chi connectivity index (χ1n) is 16.2. The molecule has 0 spiro atoms. The van der Waals surface area contributed by atoms with Crippen molar-refractivity contribution >= 4 is 43.6 Å². The SMILES string of the molecule is CC1(C)c2ccccc2-c2c(-n3c4ccccc4c4c3ccc3c5ccccc5n(-c5ccccc5)c34)nc(-c3ccccc3)nc21. The monoisotopic (exact) mass is 602 g/mol. The zero-order valence-corrected chi connectivity index (χ0v) is 26.1. The van der Waals surface area contributed by atoms with Crippen molar-refractivity contribution in [1.29, 1.82) is 0 Å². The van der Waals surface area contributed by atoms with Gasteiger partial charge < -0.3 is 4.57 Å². The molecule has 3 aromatic heterocycles. The number of hydrogen-bond acceptors (Lipinski definition) is 2. The van der Waals surface area contributed by atoms with Gasteiger partial charge >= 0.3 is 0 Å². The molecule has 4 nitrogen and oxygen atoms in total. The van der Waals surface area contributed by atoms with Crippen LogP contribution in [0.3, 0.4) is 0 Å². The fourth-order valence-electron chi connectivity index (χ4n) is 7.98. The van der Waals surface area contributed by atoms with Crippen LogP contribution in [-0.2, 0) is 5.41 Å². The Balaban J connectivity index is 1.41. The lowest BCUT2D eigenvalue weighted by molar-refractivity contribution is 0.635. The summed E-state index contributed by atoms with van der Waals surface area (Å²) in [7, 11) is 0. The van der Waals surface area contributed by atoms with E-state index in [1.165, 1.54) is 43.7 Å². The highest BCUT2D eigenvalue weighted by molar-refractivity contribution is 6.26. The van der Waals surface area contributed by atoms with Crippen molar-refractivity contribution in [2.45, 2.75) is 19.3 Å². The summed E-state index contributed by atoms with van der Waals surface area (Å²) in [4.78, 5) is 10.8. The van der Waals surface area contributed by atoms with Crippen molar-refractivity contribution in [2.24, 2.45) is 0 Å². The van der Waals surface area contributed by atoms with Crippen LogP contribution < -0.4 is 0 Å². The van der Waals surface area contributed by atoms with Gasteiger partial charge in [-0.1, -0.05) is 129 Å². The molecule has 3 heterocycles. The first kappa shape index (κ1) is 26.2. The highest BCUT2D eigenvalue weighted by Gasteiger charge is 2.40.